The number of rotatable bonds is 3. The molecule has 0 saturated carbocycles. The van der Waals surface area contributed by atoms with Crippen LogP contribution < -0.4 is 10.2 Å². The van der Waals surface area contributed by atoms with Gasteiger partial charge in [0.1, 0.15) is 5.57 Å². The zero-order chi connectivity index (χ0) is 18.8. The summed E-state index contributed by atoms with van der Waals surface area (Å²) in [7, 11) is 0. The molecule has 0 unspecified atom stereocenters. The fourth-order valence-electron chi connectivity index (χ4n) is 2.57. The first kappa shape index (κ1) is 17.2. The van der Waals surface area contributed by atoms with Crippen molar-refractivity contribution in [2.45, 2.75) is 13.3 Å². The Balaban J connectivity index is 1.99. The maximum Gasteiger partial charge on any atom is 0.335 e. The molecule has 132 valence electrons. The summed E-state index contributed by atoms with van der Waals surface area (Å²) in [6.07, 6.45) is 2.06. The van der Waals surface area contributed by atoms with E-state index >= 15 is 0 Å². The molecule has 1 saturated heterocycles. The van der Waals surface area contributed by atoms with Crippen molar-refractivity contribution in [1.82, 2.24) is 5.32 Å². The highest BCUT2D eigenvalue weighted by molar-refractivity contribution is 6.39. The minimum absolute atomic E-state index is 0.255. The molecule has 2 aromatic rings. The zero-order valence-corrected chi connectivity index (χ0v) is 13.9. The molecule has 2 aromatic carbocycles. The number of aromatic hydroxyl groups is 2. The van der Waals surface area contributed by atoms with E-state index in [1.807, 2.05) is 6.92 Å². The second kappa shape index (κ2) is 6.72. The lowest BCUT2D eigenvalue weighted by atomic mass is 10.1. The van der Waals surface area contributed by atoms with Gasteiger partial charge in [-0.2, -0.15) is 0 Å². The smallest absolute Gasteiger partial charge is 0.335 e. The summed E-state index contributed by atoms with van der Waals surface area (Å²) in [6.45, 7) is 1.99. The van der Waals surface area contributed by atoms with Crippen LogP contribution in [0.1, 0.15) is 18.1 Å². The molecular formula is C19H16N2O5. The van der Waals surface area contributed by atoms with Crippen molar-refractivity contribution in [3.05, 3.63) is 59.2 Å². The van der Waals surface area contributed by atoms with Crippen LogP contribution in [0.25, 0.3) is 6.08 Å². The Labute approximate surface area is 149 Å². The van der Waals surface area contributed by atoms with Crippen molar-refractivity contribution in [2.24, 2.45) is 0 Å². The van der Waals surface area contributed by atoms with Crippen molar-refractivity contribution >= 4 is 29.6 Å². The number of carbonyl (C=O) groups excluding carboxylic acids is 3. The number of carbonyl (C=O) groups is 3. The van der Waals surface area contributed by atoms with E-state index in [4.69, 9.17) is 0 Å². The topological polar surface area (TPSA) is 107 Å². The first-order valence-electron chi connectivity index (χ1n) is 7.93. The molecule has 1 aliphatic rings. The van der Waals surface area contributed by atoms with Crippen LogP contribution >= 0.6 is 0 Å². The number of hydrogen-bond acceptors (Lipinski definition) is 5. The Hall–Kier alpha value is -3.61. The highest BCUT2D eigenvalue weighted by Gasteiger charge is 2.36. The average Bonchev–Trinajstić information content (AvgIpc) is 2.62. The van der Waals surface area contributed by atoms with Gasteiger partial charge in [-0.05, 0) is 47.9 Å². The van der Waals surface area contributed by atoms with Gasteiger partial charge >= 0.3 is 6.03 Å². The molecule has 3 N–H and O–H groups in total. The molecule has 1 heterocycles. The third kappa shape index (κ3) is 3.14. The van der Waals surface area contributed by atoms with Crippen molar-refractivity contribution < 1.29 is 24.6 Å². The Bertz CT molecular complexity index is 931. The van der Waals surface area contributed by atoms with E-state index in [1.54, 1.807) is 24.3 Å². The lowest BCUT2D eigenvalue weighted by Crippen LogP contribution is -2.54. The summed E-state index contributed by atoms with van der Waals surface area (Å²) < 4.78 is 0. The number of nitrogens with one attached hydrogen (secondary N) is 1. The van der Waals surface area contributed by atoms with Gasteiger partial charge in [0.05, 0.1) is 5.69 Å². The highest BCUT2D eigenvalue weighted by atomic mass is 16.3. The highest BCUT2D eigenvalue weighted by Crippen LogP contribution is 2.27. The maximum atomic E-state index is 12.7. The number of imide groups is 2. The average molecular weight is 352 g/mol. The van der Waals surface area contributed by atoms with E-state index in [-0.39, 0.29) is 17.1 Å². The number of barbiturate groups is 1. The summed E-state index contributed by atoms with van der Waals surface area (Å²) >= 11 is 0. The second-order valence-corrected chi connectivity index (χ2v) is 5.73. The van der Waals surface area contributed by atoms with Crippen molar-refractivity contribution in [1.29, 1.82) is 0 Å². The Kier molecular flexibility index (Phi) is 4.45. The number of aryl methyl sites for hydroxylation is 1. The lowest BCUT2D eigenvalue weighted by Gasteiger charge is -2.26. The van der Waals surface area contributed by atoms with Crippen LogP contribution in [-0.4, -0.2) is 28.1 Å². The van der Waals surface area contributed by atoms with Crippen LogP contribution in [0.4, 0.5) is 10.5 Å². The van der Waals surface area contributed by atoms with E-state index in [9.17, 15) is 24.6 Å². The Morgan fingerprint density at radius 3 is 2.31 bits per heavy atom. The molecule has 0 aromatic heterocycles. The molecule has 7 heteroatoms. The fourth-order valence-corrected chi connectivity index (χ4v) is 2.57. The second-order valence-electron chi connectivity index (χ2n) is 5.73. The van der Waals surface area contributed by atoms with Gasteiger partial charge in [-0.25, -0.2) is 9.69 Å². The molecular weight excluding hydrogens is 336 g/mol. The molecule has 0 atom stereocenters. The quantitative estimate of drug-likeness (QED) is 0.446. The van der Waals surface area contributed by atoms with E-state index in [2.05, 4.69) is 5.32 Å². The molecule has 0 radical (unpaired) electrons. The minimum atomic E-state index is -0.825. The molecule has 4 amide bonds. The van der Waals surface area contributed by atoms with Crippen LogP contribution in [0.2, 0.25) is 0 Å². The molecule has 1 fully saturated rings. The molecule has 26 heavy (non-hydrogen) atoms. The lowest BCUT2D eigenvalue weighted by molar-refractivity contribution is -0.122. The third-order valence-electron chi connectivity index (χ3n) is 4.01. The molecule has 0 aliphatic carbocycles. The molecule has 0 bridgehead atoms. The number of phenols is 2. The van der Waals surface area contributed by atoms with E-state index in [1.165, 1.54) is 24.3 Å². The van der Waals surface area contributed by atoms with Gasteiger partial charge in [0.2, 0.25) is 0 Å². The summed E-state index contributed by atoms with van der Waals surface area (Å²) in [5.41, 5.74) is 1.46. The van der Waals surface area contributed by atoms with Crippen molar-refractivity contribution in [3.63, 3.8) is 0 Å². The summed E-state index contributed by atoms with van der Waals surface area (Å²) in [5.74, 6) is -2.30. The van der Waals surface area contributed by atoms with Gasteiger partial charge in [0.15, 0.2) is 11.5 Å². The minimum Gasteiger partial charge on any atom is -0.504 e. The van der Waals surface area contributed by atoms with E-state index in [0.29, 0.717) is 11.3 Å². The molecule has 7 nitrogen and oxygen atoms in total. The van der Waals surface area contributed by atoms with Gasteiger partial charge in [-0.3, -0.25) is 14.9 Å². The van der Waals surface area contributed by atoms with Gasteiger partial charge in [-0.15, -0.1) is 0 Å². The summed E-state index contributed by atoms with van der Waals surface area (Å²) in [5, 5.41) is 21.0. The van der Waals surface area contributed by atoms with Crippen LogP contribution in [0, 0.1) is 0 Å². The maximum absolute atomic E-state index is 12.7. The molecule has 3 rings (SSSR count). The van der Waals surface area contributed by atoms with Crippen molar-refractivity contribution in [2.75, 3.05) is 4.90 Å². The van der Waals surface area contributed by atoms with E-state index < -0.39 is 17.8 Å². The Morgan fingerprint density at radius 2 is 1.69 bits per heavy atom. The predicted molar refractivity (Wildman–Crippen MR) is 94.6 cm³/mol. The van der Waals surface area contributed by atoms with Crippen LogP contribution in [0.3, 0.4) is 0 Å². The van der Waals surface area contributed by atoms with Gasteiger partial charge in [0, 0.05) is 0 Å². The van der Waals surface area contributed by atoms with Crippen molar-refractivity contribution in [3.8, 4) is 11.5 Å². The van der Waals surface area contributed by atoms with E-state index in [0.717, 1.165) is 16.9 Å². The number of amides is 4. The fraction of sp³-hybridized carbons (Fsp3) is 0.105. The Morgan fingerprint density at radius 1 is 1.00 bits per heavy atom. The SMILES string of the molecule is CCc1ccc(N2C(=O)NC(=O)C(=Cc3ccc(O)c(O)c3)C2=O)cc1. The largest absolute Gasteiger partial charge is 0.504 e. The number of phenolic OH excluding ortho intramolecular Hbond substituents is 2. The van der Waals surface area contributed by atoms with Gasteiger partial charge in [-0.1, -0.05) is 25.1 Å². The van der Waals surface area contributed by atoms with Crippen LogP contribution in [0.5, 0.6) is 11.5 Å². The number of nitrogens with zero attached hydrogens (tertiary/aromatic N) is 1. The van der Waals surface area contributed by atoms with Crippen LogP contribution in [-0.2, 0) is 16.0 Å². The predicted octanol–water partition coefficient (Wildman–Crippen LogP) is 2.33. The molecule has 1 aliphatic heterocycles. The monoisotopic (exact) mass is 352 g/mol. The number of benzene rings is 2. The summed E-state index contributed by atoms with van der Waals surface area (Å²) in [4.78, 5) is 37.8. The number of hydrogen-bond donors (Lipinski definition) is 3. The first-order valence-corrected chi connectivity index (χ1v) is 7.93. The zero-order valence-electron chi connectivity index (χ0n) is 13.9. The van der Waals surface area contributed by atoms with Gasteiger partial charge < -0.3 is 10.2 Å². The standard InChI is InChI=1S/C19H16N2O5/c1-2-11-3-6-13(7-4-11)21-18(25)14(17(24)20-19(21)26)9-12-5-8-15(22)16(23)10-12/h3-10,22-23H,2H2,1H3,(H,20,24,26). The van der Waals surface area contributed by atoms with Crippen LogP contribution in [0.15, 0.2) is 48.0 Å². The number of urea groups is 1. The normalized spacial score (nSPS) is 16.1. The number of anilines is 1. The first-order chi connectivity index (χ1) is 12.4. The third-order valence-corrected chi connectivity index (χ3v) is 4.01. The molecule has 0 spiro atoms. The van der Waals surface area contributed by atoms with Gasteiger partial charge in [0.25, 0.3) is 11.8 Å². The summed E-state index contributed by atoms with van der Waals surface area (Å²) in [6, 6.07) is 9.92.